The Kier molecular flexibility index (Phi) is 9.05. The highest BCUT2D eigenvalue weighted by Gasteiger charge is 2.35. The number of rotatable bonds is 6. The lowest BCUT2D eigenvalue weighted by Crippen LogP contribution is -2.16. The van der Waals surface area contributed by atoms with E-state index in [0.717, 1.165) is 17.1 Å². The Balaban J connectivity index is 1.18. The van der Waals surface area contributed by atoms with Crippen LogP contribution in [0.1, 0.15) is 77.6 Å². The third-order valence-electron chi connectivity index (χ3n) is 12.4. The molecule has 0 spiro atoms. The van der Waals surface area contributed by atoms with E-state index in [1.807, 2.05) is 0 Å². The van der Waals surface area contributed by atoms with Gasteiger partial charge in [0.2, 0.25) is 0 Å². The first kappa shape index (κ1) is 37.4. The van der Waals surface area contributed by atoms with Gasteiger partial charge in [-0.05, 0) is 119 Å². The zero-order valence-electron chi connectivity index (χ0n) is 35.2. The van der Waals surface area contributed by atoms with Crippen LogP contribution in [0.3, 0.4) is 0 Å². The number of benzene rings is 8. The van der Waals surface area contributed by atoms with Gasteiger partial charge in [-0.2, -0.15) is 0 Å². The van der Waals surface area contributed by atoms with E-state index in [0.29, 0.717) is 0 Å². The third kappa shape index (κ3) is 6.53. The van der Waals surface area contributed by atoms with Crippen LogP contribution in [0.15, 0.2) is 176 Å². The van der Waals surface area contributed by atoms with Gasteiger partial charge >= 0.3 is 0 Å². The molecular weight excluding hydrogens is 699 g/mol. The molecule has 0 atom stereocenters. The molecule has 286 valence electrons. The van der Waals surface area contributed by atoms with Crippen LogP contribution in [0.25, 0.3) is 55.3 Å². The maximum Gasteiger partial charge on any atom is 0.0540 e. The van der Waals surface area contributed by atoms with Gasteiger partial charge in [0, 0.05) is 22.4 Å². The second-order valence-electron chi connectivity index (χ2n) is 18.7. The van der Waals surface area contributed by atoms with Crippen LogP contribution in [-0.2, 0) is 16.2 Å². The first-order valence-electron chi connectivity index (χ1n) is 20.8. The molecule has 0 aromatic heterocycles. The first-order chi connectivity index (χ1) is 27.8. The molecule has 0 unspecified atom stereocenters. The van der Waals surface area contributed by atoms with Crippen molar-refractivity contribution in [2.45, 2.75) is 71.6 Å². The van der Waals surface area contributed by atoms with Gasteiger partial charge in [-0.1, -0.05) is 195 Å². The van der Waals surface area contributed by atoms with Crippen molar-refractivity contribution in [3.8, 4) is 44.5 Å². The Hall–Kier alpha value is -6.18. The summed E-state index contributed by atoms with van der Waals surface area (Å²) < 4.78 is 0. The number of nitrogens with zero attached hydrogens (tertiary/aromatic N) is 1. The third-order valence-corrected chi connectivity index (χ3v) is 12.4. The lowest BCUT2D eigenvalue weighted by atomic mass is 9.78. The molecule has 0 saturated carbocycles. The van der Waals surface area contributed by atoms with E-state index < -0.39 is 0 Å². The van der Waals surface area contributed by atoms with E-state index in [9.17, 15) is 0 Å². The van der Waals surface area contributed by atoms with Crippen molar-refractivity contribution in [2.24, 2.45) is 0 Å². The van der Waals surface area contributed by atoms with Gasteiger partial charge in [0.15, 0.2) is 0 Å². The summed E-state index contributed by atoms with van der Waals surface area (Å²) in [6.45, 7) is 18.6. The lowest BCUT2D eigenvalue weighted by Gasteiger charge is -2.29. The molecular formula is C57H53N. The molecule has 0 radical (unpaired) electrons. The SMILES string of the molecule is CC(C)(C)c1cc(-c2cccc3cccc(-c4ccccc4N(c4ccccc4)c4ccc(-c5ccc6c(c5)C(C)(C)c5ccccc5-6)cc4)c23)cc(C(C)(C)C)c1. The number of hydrogen-bond donors (Lipinski definition) is 0. The topological polar surface area (TPSA) is 3.24 Å². The summed E-state index contributed by atoms with van der Waals surface area (Å²) >= 11 is 0. The summed E-state index contributed by atoms with van der Waals surface area (Å²) in [7, 11) is 0. The largest absolute Gasteiger partial charge is 0.310 e. The summed E-state index contributed by atoms with van der Waals surface area (Å²) in [5.74, 6) is 0. The molecule has 9 rings (SSSR count). The molecule has 0 aliphatic heterocycles. The van der Waals surface area contributed by atoms with Crippen LogP contribution in [0, 0.1) is 0 Å². The summed E-state index contributed by atoms with van der Waals surface area (Å²) in [6, 6.07) is 65.6. The fraction of sp³-hybridized carbons (Fsp3) is 0.193. The molecule has 58 heavy (non-hydrogen) atoms. The van der Waals surface area contributed by atoms with Crippen molar-refractivity contribution in [1.82, 2.24) is 0 Å². The molecule has 0 saturated heterocycles. The highest BCUT2D eigenvalue weighted by atomic mass is 15.1. The summed E-state index contributed by atoms with van der Waals surface area (Å²) in [5.41, 5.74) is 19.0. The predicted molar refractivity (Wildman–Crippen MR) is 250 cm³/mol. The maximum absolute atomic E-state index is 2.42. The lowest BCUT2D eigenvalue weighted by molar-refractivity contribution is 0.569. The fourth-order valence-electron chi connectivity index (χ4n) is 9.04. The second-order valence-corrected chi connectivity index (χ2v) is 18.7. The zero-order valence-corrected chi connectivity index (χ0v) is 35.2. The van der Waals surface area contributed by atoms with E-state index in [4.69, 9.17) is 0 Å². The fourth-order valence-corrected chi connectivity index (χ4v) is 9.04. The van der Waals surface area contributed by atoms with Crippen molar-refractivity contribution >= 4 is 27.8 Å². The van der Waals surface area contributed by atoms with Gasteiger partial charge in [0.1, 0.15) is 0 Å². The summed E-state index contributed by atoms with van der Waals surface area (Å²) in [6.07, 6.45) is 0. The zero-order chi connectivity index (χ0) is 40.4. The van der Waals surface area contributed by atoms with Crippen LogP contribution in [0.4, 0.5) is 17.1 Å². The van der Waals surface area contributed by atoms with Gasteiger partial charge in [-0.15, -0.1) is 0 Å². The quantitative estimate of drug-likeness (QED) is 0.164. The minimum absolute atomic E-state index is 0.0186. The Bertz CT molecular complexity index is 2770. The predicted octanol–water partition coefficient (Wildman–Crippen LogP) is 16.2. The van der Waals surface area contributed by atoms with E-state index in [-0.39, 0.29) is 16.2 Å². The Labute approximate surface area is 345 Å². The maximum atomic E-state index is 2.42. The van der Waals surface area contributed by atoms with E-state index >= 15 is 0 Å². The van der Waals surface area contributed by atoms with Crippen LogP contribution < -0.4 is 4.90 Å². The summed E-state index contributed by atoms with van der Waals surface area (Å²) in [4.78, 5) is 2.42. The molecule has 1 aliphatic carbocycles. The molecule has 1 aliphatic rings. The monoisotopic (exact) mass is 751 g/mol. The van der Waals surface area contributed by atoms with Gasteiger partial charge in [-0.25, -0.2) is 0 Å². The molecule has 0 amide bonds. The highest BCUT2D eigenvalue weighted by Crippen LogP contribution is 2.50. The van der Waals surface area contributed by atoms with Crippen molar-refractivity contribution in [3.63, 3.8) is 0 Å². The minimum atomic E-state index is -0.0402. The van der Waals surface area contributed by atoms with Gasteiger partial charge in [0.05, 0.1) is 5.69 Å². The van der Waals surface area contributed by atoms with Crippen molar-refractivity contribution < 1.29 is 0 Å². The molecule has 8 aromatic carbocycles. The number of anilines is 3. The van der Waals surface area contributed by atoms with E-state index in [2.05, 4.69) is 236 Å². The highest BCUT2D eigenvalue weighted by molar-refractivity contribution is 6.09. The van der Waals surface area contributed by atoms with Crippen LogP contribution in [0.5, 0.6) is 0 Å². The Morgan fingerprint density at radius 3 is 1.59 bits per heavy atom. The average molecular weight is 752 g/mol. The minimum Gasteiger partial charge on any atom is -0.310 e. The molecule has 0 heterocycles. The molecule has 8 aromatic rings. The van der Waals surface area contributed by atoms with Crippen molar-refractivity contribution in [1.29, 1.82) is 0 Å². The van der Waals surface area contributed by atoms with Crippen LogP contribution >= 0.6 is 0 Å². The van der Waals surface area contributed by atoms with E-state index in [1.165, 1.54) is 77.5 Å². The van der Waals surface area contributed by atoms with Gasteiger partial charge in [0.25, 0.3) is 0 Å². The Morgan fingerprint density at radius 2 is 0.914 bits per heavy atom. The summed E-state index contributed by atoms with van der Waals surface area (Å²) in [5, 5.41) is 2.51. The molecule has 1 heteroatoms. The van der Waals surface area contributed by atoms with Gasteiger partial charge in [-0.3, -0.25) is 0 Å². The smallest absolute Gasteiger partial charge is 0.0540 e. The number of hydrogen-bond acceptors (Lipinski definition) is 1. The van der Waals surface area contributed by atoms with Crippen molar-refractivity contribution in [2.75, 3.05) is 4.90 Å². The van der Waals surface area contributed by atoms with Gasteiger partial charge < -0.3 is 4.90 Å². The number of fused-ring (bicyclic) bond motifs is 4. The number of para-hydroxylation sites is 2. The molecule has 0 bridgehead atoms. The average Bonchev–Trinajstić information content (AvgIpc) is 3.46. The Morgan fingerprint density at radius 1 is 0.379 bits per heavy atom. The van der Waals surface area contributed by atoms with Crippen LogP contribution in [0.2, 0.25) is 0 Å². The molecule has 0 fully saturated rings. The van der Waals surface area contributed by atoms with E-state index in [1.54, 1.807) is 0 Å². The normalized spacial score (nSPS) is 13.3. The molecule has 1 nitrogen and oxygen atoms in total. The molecule has 0 N–H and O–H groups in total. The van der Waals surface area contributed by atoms with Crippen molar-refractivity contribution in [3.05, 3.63) is 198 Å². The second kappa shape index (κ2) is 14.0. The standard InChI is InChI=1S/C57H53N/c1-55(2,3)42-34-41(35-43(37-42)56(4,5)6)46-24-16-18-39-19-17-25-50(54(39)46)49-23-13-15-27-53(49)58(44-20-10-9-11-21-44)45-31-28-38(29-32-45)40-30-33-48-47-22-12-14-26-51(47)57(7,8)52(48)36-40/h9-37H,1-8H3. The first-order valence-corrected chi connectivity index (χ1v) is 20.8. The van der Waals surface area contributed by atoms with Crippen LogP contribution in [-0.4, -0.2) is 0 Å².